The number of amides is 1. The molecule has 0 aromatic heterocycles. The molecule has 0 radical (unpaired) electrons. The summed E-state index contributed by atoms with van der Waals surface area (Å²) in [6, 6.07) is 0. The average molecular weight is 287 g/mol. The van der Waals surface area contributed by atoms with E-state index in [4.69, 9.17) is 9.84 Å². The zero-order valence-electron chi connectivity index (χ0n) is 12.7. The molecular weight excluding hydrogens is 258 g/mol. The normalized spacial score (nSPS) is 10.2. The maximum absolute atomic E-state index is 11.4. The predicted molar refractivity (Wildman–Crippen MR) is 78.8 cm³/mol. The first-order valence-corrected chi connectivity index (χ1v) is 7.79. The molecule has 1 amide bonds. The van der Waals surface area contributed by atoms with Crippen LogP contribution in [0.3, 0.4) is 0 Å². The zero-order chi connectivity index (χ0) is 15.1. The van der Waals surface area contributed by atoms with E-state index < -0.39 is 6.09 Å². The fraction of sp³-hybridized carbons (Fsp3) is 0.867. The summed E-state index contributed by atoms with van der Waals surface area (Å²) in [5, 5.41) is 10.6. The van der Waals surface area contributed by atoms with Crippen molar-refractivity contribution >= 4 is 12.1 Å². The fourth-order valence-corrected chi connectivity index (χ4v) is 1.91. The largest absolute Gasteiger partial charge is 0.466 e. The van der Waals surface area contributed by atoms with Gasteiger partial charge in [0.2, 0.25) is 0 Å². The predicted octanol–water partition coefficient (Wildman–Crippen LogP) is 3.72. The van der Waals surface area contributed by atoms with Crippen molar-refractivity contribution in [3.8, 4) is 0 Å². The highest BCUT2D eigenvalue weighted by molar-refractivity contribution is 5.69. The first kappa shape index (κ1) is 18.7. The zero-order valence-corrected chi connectivity index (χ0v) is 12.7. The van der Waals surface area contributed by atoms with E-state index in [0.717, 1.165) is 12.8 Å². The maximum Gasteiger partial charge on any atom is 0.404 e. The quantitative estimate of drug-likeness (QED) is 0.400. The Kier molecular flexibility index (Phi) is 13.3. The molecule has 20 heavy (non-hydrogen) atoms. The third kappa shape index (κ3) is 14.8. The smallest absolute Gasteiger partial charge is 0.404 e. The van der Waals surface area contributed by atoms with Crippen LogP contribution in [0.2, 0.25) is 0 Å². The summed E-state index contributed by atoms with van der Waals surface area (Å²) >= 11 is 0. The van der Waals surface area contributed by atoms with Crippen molar-refractivity contribution in [2.75, 3.05) is 13.2 Å². The maximum atomic E-state index is 11.4. The van der Waals surface area contributed by atoms with E-state index in [9.17, 15) is 9.59 Å². The van der Waals surface area contributed by atoms with Crippen LogP contribution in [0.1, 0.15) is 71.1 Å². The third-order valence-corrected chi connectivity index (χ3v) is 3.09. The van der Waals surface area contributed by atoms with Gasteiger partial charge >= 0.3 is 12.1 Å². The molecule has 0 fully saturated rings. The second kappa shape index (κ2) is 14.2. The van der Waals surface area contributed by atoms with Crippen LogP contribution in [-0.2, 0) is 9.53 Å². The van der Waals surface area contributed by atoms with Crippen LogP contribution in [0.15, 0.2) is 0 Å². The van der Waals surface area contributed by atoms with Gasteiger partial charge in [0.25, 0.3) is 0 Å². The summed E-state index contributed by atoms with van der Waals surface area (Å²) in [6.07, 6.45) is 9.21. The van der Waals surface area contributed by atoms with Gasteiger partial charge in [-0.25, -0.2) is 4.79 Å². The Bertz CT molecular complexity index is 256. The number of carboxylic acid groups (broad SMARTS) is 1. The van der Waals surface area contributed by atoms with Crippen LogP contribution in [0.4, 0.5) is 4.79 Å². The Balaban J connectivity index is 3.19. The van der Waals surface area contributed by atoms with E-state index in [1.165, 1.54) is 32.1 Å². The van der Waals surface area contributed by atoms with Gasteiger partial charge < -0.3 is 15.2 Å². The molecule has 2 N–H and O–H groups in total. The Labute approximate surface area is 122 Å². The van der Waals surface area contributed by atoms with Gasteiger partial charge in [0.15, 0.2) is 0 Å². The molecule has 5 heteroatoms. The van der Waals surface area contributed by atoms with Crippen molar-refractivity contribution in [3.05, 3.63) is 0 Å². The van der Waals surface area contributed by atoms with Gasteiger partial charge in [-0.2, -0.15) is 0 Å². The minimum Gasteiger partial charge on any atom is -0.466 e. The molecule has 0 unspecified atom stereocenters. The van der Waals surface area contributed by atoms with E-state index in [0.29, 0.717) is 32.4 Å². The molecule has 0 aliphatic heterocycles. The van der Waals surface area contributed by atoms with Gasteiger partial charge in [-0.3, -0.25) is 4.79 Å². The van der Waals surface area contributed by atoms with E-state index in [1.54, 1.807) is 0 Å². The van der Waals surface area contributed by atoms with E-state index >= 15 is 0 Å². The molecule has 0 saturated carbocycles. The lowest BCUT2D eigenvalue weighted by molar-refractivity contribution is -0.143. The second-order valence-corrected chi connectivity index (χ2v) is 5.03. The molecule has 0 aromatic carbocycles. The average Bonchev–Trinajstić information content (AvgIpc) is 2.41. The number of carbonyl (C=O) groups excluding carboxylic acids is 1. The van der Waals surface area contributed by atoms with Crippen LogP contribution in [0, 0.1) is 0 Å². The van der Waals surface area contributed by atoms with Crippen molar-refractivity contribution in [2.45, 2.75) is 71.1 Å². The van der Waals surface area contributed by atoms with Crippen molar-refractivity contribution in [1.82, 2.24) is 5.32 Å². The summed E-state index contributed by atoms with van der Waals surface area (Å²) in [7, 11) is 0. The lowest BCUT2D eigenvalue weighted by Crippen LogP contribution is -2.22. The molecule has 0 atom stereocenters. The third-order valence-electron chi connectivity index (χ3n) is 3.09. The Morgan fingerprint density at radius 2 is 1.60 bits per heavy atom. The molecule has 0 rings (SSSR count). The summed E-state index contributed by atoms with van der Waals surface area (Å²) in [5.41, 5.74) is 0. The Morgan fingerprint density at radius 3 is 2.25 bits per heavy atom. The van der Waals surface area contributed by atoms with Crippen molar-refractivity contribution in [2.24, 2.45) is 0 Å². The number of ether oxygens (including phenoxy) is 1. The van der Waals surface area contributed by atoms with E-state index in [1.807, 2.05) is 0 Å². The van der Waals surface area contributed by atoms with Crippen LogP contribution in [0.5, 0.6) is 0 Å². The highest BCUT2D eigenvalue weighted by atomic mass is 16.5. The number of nitrogens with one attached hydrogen (secondary N) is 1. The van der Waals surface area contributed by atoms with Crippen molar-refractivity contribution in [1.29, 1.82) is 0 Å². The van der Waals surface area contributed by atoms with Gasteiger partial charge in [-0.15, -0.1) is 0 Å². The number of rotatable bonds is 13. The topological polar surface area (TPSA) is 75.6 Å². The Morgan fingerprint density at radius 1 is 0.950 bits per heavy atom. The minimum absolute atomic E-state index is 0.134. The van der Waals surface area contributed by atoms with Gasteiger partial charge in [0.1, 0.15) is 0 Å². The number of esters is 1. The minimum atomic E-state index is -1.01. The van der Waals surface area contributed by atoms with Gasteiger partial charge in [0, 0.05) is 13.0 Å². The highest BCUT2D eigenvalue weighted by Crippen LogP contribution is 2.08. The molecule has 0 bridgehead atoms. The van der Waals surface area contributed by atoms with Crippen LogP contribution < -0.4 is 5.32 Å². The molecule has 118 valence electrons. The summed E-state index contributed by atoms with van der Waals surface area (Å²) in [4.78, 5) is 21.6. The molecule has 0 heterocycles. The highest BCUT2D eigenvalue weighted by Gasteiger charge is 2.02. The lowest BCUT2D eigenvalue weighted by Gasteiger charge is -2.05. The first-order valence-electron chi connectivity index (χ1n) is 7.79. The second-order valence-electron chi connectivity index (χ2n) is 5.03. The summed E-state index contributed by atoms with van der Waals surface area (Å²) in [5.74, 6) is -0.134. The molecule has 0 saturated heterocycles. The molecular formula is C15H29NO4. The Hall–Kier alpha value is -1.26. The van der Waals surface area contributed by atoms with Gasteiger partial charge in [-0.1, -0.05) is 45.4 Å². The molecule has 0 spiro atoms. The fourth-order valence-electron chi connectivity index (χ4n) is 1.91. The molecule has 0 aromatic rings. The molecule has 0 aliphatic rings. The monoisotopic (exact) mass is 287 g/mol. The van der Waals surface area contributed by atoms with Crippen LogP contribution in [-0.4, -0.2) is 30.3 Å². The lowest BCUT2D eigenvalue weighted by atomic mass is 10.1. The van der Waals surface area contributed by atoms with Crippen molar-refractivity contribution in [3.63, 3.8) is 0 Å². The number of hydrogen-bond donors (Lipinski definition) is 2. The molecule has 5 nitrogen and oxygen atoms in total. The van der Waals surface area contributed by atoms with Crippen molar-refractivity contribution < 1.29 is 19.4 Å². The number of hydrogen-bond acceptors (Lipinski definition) is 3. The number of carbonyl (C=O) groups is 2. The standard InChI is InChI=1S/C15H29NO4/c1-2-3-4-5-6-7-8-11-14(17)20-13-10-9-12-16-15(18)19/h16H,2-13H2,1H3,(H,18,19). The van der Waals surface area contributed by atoms with Crippen LogP contribution in [0.25, 0.3) is 0 Å². The number of unbranched alkanes of at least 4 members (excludes halogenated alkanes) is 7. The summed E-state index contributed by atoms with van der Waals surface area (Å²) < 4.78 is 5.08. The van der Waals surface area contributed by atoms with Gasteiger partial charge in [0.05, 0.1) is 6.61 Å². The van der Waals surface area contributed by atoms with E-state index in [-0.39, 0.29) is 5.97 Å². The first-order chi connectivity index (χ1) is 9.66. The van der Waals surface area contributed by atoms with Crippen LogP contribution >= 0.6 is 0 Å². The molecule has 0 aliphatic carbocycles. The van der Waals surface area contributed by atoms with Gasteiger partial charge in [-0.05, 0) is 19.3 Å². The summed E-state index contributed by atoms with van der Waals surface area (Å²) in [6.45, 7) is 3.00. The van der Waals surface area contributed by atoms with E-state index in [2.05, 4.69) is 12.2 Å². The SMILES string of the molecule is CCCCCCCCCC(=O)OCCCCNC(=O)O.